The molecule has 3 heteroatoms. The van der Waals surface area contributed by atoms with Crippen LogP contribution in [-0.4, -0.2) is 0 Å². The number of hydrogen-bond acceptors (Lipinski definition) is 1. The highest BCUT2D eigenvalue weighted by molar-refractivity contribution is 7.10. The molecular formula is C11H10F2S. The summed E-state index contributed by atoms with van der Waals surface area (Å²) in [5.74, 6) is -0.517. The van der Waals surface area contributed by atoms with Crippen LogP contribution in [-0.2, 0) is 6.42 Å². The number of halogens is 2. The van der Waals surface area contributed by atoms with Gasteiger partial charge in [0.15, 0.2) is 5.13 Å². The molecule has 0 aliphatic rings. The highest BCUT2D eigenvalue weighted by atomic mass is 32.1. The van der Waals surface area contributed by atoms with Gasteiger partial charge in [-0.15, -0.1) is 11.3 Å². The summed E-state index contributed by atoms with van der Waals surface area (Å²) in [6, 6.07) is 3.07. The Hall–Kier alpha value is -1.22. The summed E-state index contributed by atoms with van der Waals surface area (Å²) in [6.45, 7) is 6.68. The number of thiophene rings is 1. The average molecular weight is 212 g/mol. The molecule has 0 bridgehead atoms. The van der Waals surface area contributed by atoms with Crippen LogP contribution in [0.25, 0.3) is 0 Å². The van der Waals surface area contributed by atoms with Gasteiger partial charge in [-0.05, 0) is 23.8 Å². The quantitative estimate of drug-likeness (QED) is 0.661. The van der Waals surface area contributed by atoms with Crippen molar-refractivity contribution in [2.45, 2.75) is 6.42 Å². The molecule has 0 nitrogen and oxygen atoms in total. The van der Waals surface area contributed by atoms with E-state index in [1.165, 1.54) is 12.1 Å². The Morgan fingerprint density at radius 2 is 2.21 bits per heavy atom. The van der Waals surface area contributed by atoms with Crippen molar-refractivity contribution in [2.24, 2.45) is 0 Å². The van der Waals surface area contributed by atoms with E-state index in [2.05, 4.69) is 13.2 Å². The van der Waals surface area contributed by atoms with Crippen LogP contribution in [0, 0.1) is 5.13 Å². The Bertz CT molecular complexity index is 374. The molecule has 1 rings (SSSR count). The Morgan fingerprint density at radius 1 is 1.50 bits per heavy atom. The van der Waals surface area contributed by atoms with E-state index < -0.39 is 5.83 Å². The second-order valence-corrected chi connectivity index (χ2v) is 3.87. The molecule has 0 saturated heterocycles. The highest BCUT2D eigenvalue weighted by Gasteiger charge is 2.01. The number of hydrogen-bond donors (Lipinski definition) is 0. The fourth-order valence-corrected chi connectivity index (χ4v) is 1.79. The monoisotopic (exact) mass is 212 g/mol. The first kappa shape index (κ1) is 10.9. The molecule has 0 saturated carbocycles. The van der Waals surface area contributed by atoms with Crippen molar-refractivity contribution in [3.05, 3.63) is 58.9 Å². The lowest BCUT2D eigenvalue weighted by atomic mass is 10.1. The summed E-state index contributed by atoms with van der Waals surface area (Å²) in [6.07, 6.45) is 3.33. The smallest absolute Gasteiger partial charge is 0.176 e. The minimum atomic E-state index is -0.517. The van der Waals surface area contributed by atoms with E-state index in [9.17, 15) is 8.78 Å². The van der Waals surface area contributed by atoms with Crippen molar-refractivity contribution in [3.8, 4) is 0 Å². The van der Waals surface area contributed by atoms with Gasteiger partial charge in [0.25, 0.3) is 0 Å². The molecule has 1 aromatic rings. The van der Waals surface area contributed by atoms with Gasteiger partial charge in [-0.1, -0.05) is 19.2 Å². The van der Waals surface area contributed by atoms with Gasteiger partial charge in [-0.25, -0.2) is 4.39 Å². The summed E-state index contributed by atoms with van der Waals surface area (Å²) in [5, 5.41) is -0.234. The van der Waals surface area contributed by atoms with Crippen LogP contribution in [0.4, 0.5) is 8.78 Å². The van der Waals surface area contributed by atoms with E-state index in [0.29, 0.717) is 12.0 Å². The van der Waals surface area contributed by atoms with Crippen molar-refractivity contribution in [2.75, 3.05) is 0 Å². The molecule has 0 atom stereocenters. The van der Waals surface area contributed by atoms with Crippen LogP contribution in [0.15, 0.2) is 48.8 Å². The lowest BCUT2D eigenvalue weighted by Crippen LogP contribution is -1.83. The van der Waals surface area contributed by atoms with E-state index in [1.807, 2.05) is 0 Å². The first-order valence-corrected chi connectivity index (χ1v) is 4.85. The highest BCUT2D eigenvalue weighted by Crippen LogP contribution is 2.19. The van der Waals surface area contributed by atoms with E-state index >= 15 is 0 Å². The summed E-state index contributed by atoms with van der Waals surface area (Å²) in [5.41, 5.74) is 0.694. The fraction of sp³-hybridized carbons (Fsp3) is 0.0909. The minimum Gasteiger partial charge on any atom is -0.208 e. The van der Waals surface area contributed by atoms with Crippen LogP contribution < -0.4 is 0 Å². The van der Waals surface area contributed by atoms with Gasteiger partial charge in [-0.3, -0.25) is 0 Å². The normalized spacial score (nSPS) is 11.4. The SMILES string of the molecule is C=C/C(=C\C(=C)F)Cc1ccc(F)s1. The zero-order valence-corrected chi connectivity index (χ0v) is 8.41. The van der Waals surface area contributed by atoms with E-state index in [1.54, 1.807) is 12.1 Å². The molecule has 0 N–H and O–H groups in total. The zero-order valence-electron chi connectivity index (χ0n) is 7.59. The minimum absolute atomic E-state index is 0.234. The van der Waals surface area contributed by atoms with Crippen LogP contribution >= 0.6 is 11.3 Å². The van der Waals surface area contributed by atoms with Gasteiger partial charge < -0.3 is 0 Å². The van der Waals surface area contributed by atoms with Crippen LogP contribution in [0.2, 0.25) is 0 Å². The van der Waals surface area contributed by atoms with E-state index in [0.717, 1.165) is 16.2 Å². The van der Waals surface area contributed by atoms with Gasteiger partial charge in [0.1, 0.15) is 5.83 Å². The molecule has 0 radical (unpaired) electrons. The molecule has 74 valence electrons. The van der Waals surface area contributed by atoms with Crippen molar-refractivity contribution in [3.63, 3.8) is 0 Å². The first-order chi connectivity index (χ1) is 6.61. The second kappa shape index (κ2) is 4.86. The lowest BCUT2D eigenvalue weighted by Gasteiger charge is -1.97. The molecule has 0 aromatic carbocycles. The maximum atomic E-state index is 12.6. The molecule has 0 spiro atoms. The Kier molecular flexibility index (Phi) is 3.77. The zero-order chi connectivity index (χ0) is 10.6. The van der Waals surface area contributed by atoms with Gasteiger partial charge in [0, 0.05) is 11.3 Å². The van der Waals surface area contributed by atoms with Gasteiger partial charge in [0.05, 0.1) is 0 Å². The molecule has 1 aromatic heterocycles. The molecule has 0 unspecified atom stereocenters. The lowest BCUT2D eigenvalue weighted by molar-refractivity contribution is 0.657. The first-order valence-electron chi connectivity index (χ1n) is 4.03. The molecule has 0 amide bonds. The Morgan fingerprint density at radius 3 is 2.64 bits per heavy atom. The molecule has 0 aliphatic carbocycles. The summed E-state index contributed by atoms with van der Waals surface area (Å²) in [7, 11) is 0. The van der Waals surface area contributed by atoms with Crippen LogP contribution in [0.5, 0.6) is 0 Å². The van der Waals surface area contributed by atoms with E-state index in [-0.39, 0.29) is 5.13 Å². The Labute approximate surface area is 85.9 Å². The maximum absolute atomic E-state index is 12.6. The average Bonchev–Trinajstić information content (AvgIpc) is 2.49. The molecule has 14 heavy (non-hydrogen) atoms. The third-order valence-electron chi connectivity index (χ3n) is 1.61. The van der Waals surface area contributed by atoms with Gasteiger partial charge in [-0.2, -0.15) is 4.39 Å². The maximum Gasteiger partial charge on any atom is 0.176 e. The summed E-state index contributed by atoms with van der Waals surface area (Å²) >= 11 is 1.05. The fourth-order valence-electron chi connectivity index (χ4n) is 1.03. The Balaban J connectivity index is 2.75. The topological polar surface area (TPSA) is 0 Å². The third-order valence-corrected chi connectivity index (χ3v) is 2.49. The summed E-state index contributed by atoms with van der Waals surface area (Å²) < 4.78 is 25.1. The van der Waals surface area contributed by atoms with Crippen molar-refractivity contribution in [1.29, 1.82) is 0 Å². The van der Waals surface area contributed by atoms with Gasteiger partial charge >= 0.3 is 0 Å². The van der Waals surface area contributed by atoms with Crippen molar-refractivity contribution >= 4 is 11.3 Å². The summed E-state index contributed by atoms with van der Waals surface area (Å²) in [4.78, 5) is 0.843. The molecule has 0 aliphatic heterocycles. The van der Waals surface area contributed by atoms with Crippen molar-refractivity contribution < 1.29 is 8.78 Å². The van der Waals surface area contributed by atoms with Gasteiger partial charge in [0.2, 0.25) is 0 Å². The predicted octanol–water partition coefficient (Wildman–Crippen LogP) is 4.03. The van der Waals surface area contributed by atoms with Crippen molar-refractivity contribution in [1.82, 2.24) is 0 Å². The molecular weight excluding hydrogens is 202 g/mol. The number of allylic oxidation sites excluding steroid dienone is 4. The predicted molar refractivity (Wildman–Crippen MR) is 56.5 cm³/mol. The molecule has 0 fully saturated rings. The van der Waals surface area contributed by atoms with E-state index in [4.69, 9.17) is 0 Å². The standard InChI is InChI=1S/C11H10F2S/c1-3-9(6-8(2)12)7-10-4-5-11(13)14-10/h3-6H,1-2,7H2/b9-6+. The second-order valence-electron chi connectivity index (χ2n) is 2.75. The van der Waals surface area contributed by atoms with Crippen LogP contribution in [0.1, 0.15) is 4.88 Å². The third kappa shape index (κ3) is 3.26. The van der Waals surface area contributed by atoms with Crippen LogP contribution in [0.3, 0.4) is 0 Å². The largest absolute Gasteiger partial charge is 0.208 e. The molecule has 1 heterocycles. The number of rotatable bonds is 4.